The number of allylic oxidation sites excluding steroid dienone is 5. The van der Waals surface area contributed by atoms with Crippen LogP contribution < -0.4 is 10.5 Å². The van der Waals surface area contributed by atoms with Gasteiger partial charge in [-0.3, -0.25) is 4.99 Å². The molecule has 0 amide bonds. The third-order valence-corrected chi connectivity index (χ3v) is 5.51. The van der Waals surface area contributed by atoms with Crippen molar-refractivity contribution in [1.82, 2.24) is 0 Å². The number of nitrogens with two attached hydrogens (primary N) is 1. The molecule has 4 aliphatic rings. The summed E-state index contributed by atoms with van der Waals surface area (Å²) in [6, 6.07) is 6.39. The van der Waals surface area contributed by atoms with Gasteiger partial charge < -0.3 is 19.9 Å². The first-order valence-electron chi connectivity index (χ1n) is 8.63. The van der Waals surface area contributed by atoms with E-state index in [1.165, 1.54) is 0 Å². The molecule has 0 aliphatic carbocycles. The van der Waals surface area contributed by atoms with E-state index in [0.29, 0.717) is 26.4 Å². The maximum atomic E-state index is 6.07. The number of ether oxygens (including phenoxy) is 3. The molecule has 4 heterocycles. The first kappa shape index (κ1) is 15.4. The summed E-state index contributed by atoms with van der Waals surface area (Å²) in [6.07, 6.45) is 11.5. The molecule has 132 valence electrons. The molecule has 1 fully saturated rings. The standard InChI is InChI=1S/C20H19N3O3/c21-18-23-20(13-26-18)16-8-14(15-4-2-1-3-7-22-9-15)5-6-17(16)25-12-19(20)10-24-11-19/h1-9H,10-13H2,(H2,21,23)/b2-1+,3-1?,4-2?,7-3+,15-4?,15-9?,22-7?,22-9?. The summed E-state index contributed by atoms with van der Waals surface area (Å²) in [5.74, 6) is 0.826. The zero-order valence-corrected chi connectivity index (χ0v) is 14.2. The number of hydrogen-bond acceptors (Lipinski definition) is 6. The van der Waals surface area contributed by atoms with Gasteiger partial charge in [-0.2, -0.15) is 0 Å². The van der Waals surface area contributed by atoms with E-state index in [1.807, 2.05) is 42.7 Å². The Labute approximate surface area is 151 Å². The van der Waals surface area contributed by atoms with Gasteiger partial charge in [-0.15, -0.1) is 0 Å². The van der Waals surface area contributed by atoms with Crippen molar-refractivity contribution in [3.8, 4) is 5.75 Å². The minimum absolute atomic E-state index is 0.230. The summed E-state index contributed by atoms with van der Waals surface area (Å²) in [5, 5.41) is 0. The van der Waals surface area contributed by atoms with Gasteiger partial charge in [0.2, 0.25) is 0 Å². The van der Waals surface area contributed by atoms with Crippen LogP contribution in [-0.2, 0) is 15.0 Å². The summed E-state index contributed by atoms with van der Waals surface area (Å²) >= 11 is 0. The van der Waals surface area contributed by atoms with Gasteiger partial charge in [-0.1, -0.05) is 24.3 Å². The molecule has 0 aromatic heterocycles. The highest BCUT2D eigenvalue weighted by Crippen LogP contribution is 2.56. The molecule has 6 nitrogen and oxygen atoms in total. The molecule has 2 N–H and O–H groups in total. The Hall–Kier alpha value is -2.86. The number of fused-ring (bicyclic) bond motifs is 3. The molecule has 0 radical (unpaired) electrons. The molecule has 1 aromatic carbocycles. The second kappa shape index (κ2) is 5.57. The number of nitrogens with zero attached hydrogens (tertiary/aromatic N) is 2. The van der Waals surface area contributed by atoms with E-state index in [-0.39, 0.29) is 11.4 Å². The van der Waals surface area contributed by atoms with Crippen LogP contribution in [0, 0.1) is 5.41 Å². The second-order valence-corrected chi connectivity index (χ2v) is 7.00. The molecule has 5 rings (SSSR count). The lowest BCUT2D eigenvalue weighted by atomic mass is 9.64. The molecular formula is C20H19N3O3. The normalized spacial score (nSPS) is 30.2. The van der Waals surface area contributed by atoms with E-state index < -0.39 is 5.54 Å². The maximum Gasteiger partial charge on any atom is 0.283 e. The molecule has 6 heteroatoms. The van der Waals surface area contributed by atoms with E-state index >= 15 is 0 Å². The number of aliphatic imine (C=N–C) groups is 2. The highest BCUT2D eigenvalue weighted by molar-refractivity contribution is 6.10. The van der Waals surface area contributed by atoms with Crippen molar-refractivity contribution in [1.29, 1.82) is 0 Å². The molecule has 1 atom stereocenters. The molecule has 1 saturated heterocycles. The molecule has 26 heavy (non-hydrogen) atoms. The highest BCUT2D eigenvalue weighted by Gasteiger charge is 2.63. The van der Waals surface area contributed by atoms with Gasteiger partial charge in [-0.25, -0.2) is 4.99 Å². The van der Waals surface area contributed by atoms with Crippen molar-refractivity contribution in [2.24, 2.45) is 21.1 Å². The zero-order valence-electron chi connectivity index (χ0n) is 14.2. The quantitative estimate of drug-likeness (QED) is 0.843. The van der Waals surface area contributed by atoms with Gasteiger partial charge in [0.15, 0.2) is 0 Å². The zero-order chi connectivity index (χ0) is 17.6. The van der Waals surface area contributed by atoms with E-state index in [2.05, 4.69) is 11.1 Å². The Morgan fingerprint density at radius 3 is 2.69 bits per heavy atom. The minimum Gasteiger partial charge on any atom is -0.492 e. The van der Waals surface area contributed by atoms with Crippen molar-refractivity contribution in [3.63, 3.8) is 0 Å². The van der Waals surface area contributed by atoms with Gasteiger partial charge >= 0.3 is 0 Å². The van der Waals surface area contributed by atoms with E-state index in [9.17, 15) is 0 Å². The van der Waals surface area contributed by atoms with E-state index in [0.717, 1.165) is 22.4 Å². The Bertz CT molecular complexity index is 909. The maximum absolute atomic E-state index is 6.07. The van der Waals surface area contributed by atoms with Crippen LogP contribution >= 0.6 is 0 Å². The average molecular weight is 349 g/mol. The Balaban J connectivity index is 1.65. The van der Waals surface area contributed by atoms with Crippen LogP contribution in [0.15, 0.2) is 58.7 Å². The first-order chi connectivity index (χ1) is 12.7. The van der Waals surface area contributed by atoms with Gasteiger partial charge in [-0.05, 0) is 29.3 Å². The van der Waals surface area contributed by atoms with Crippen molar-refractivity contribution < 1.29 is 14.2 Å². The van der Waals surface area contributed by atoms with Gasteiger partial charge in [0, 0.05) is 18.0 Å². The van der Waals surface area contributed by atoms with Crippen LogP contribution in [0.2, 0.25) is 0 Å². The lowest BCUT2D eigenvalue weighted by Crippen LogP contribution is -2.63. The summed E-state index contributed by atoms with van der Waals surface area (Å²) in [7, 11) is 0. The lowest BCUT2D eigenvalue weighted by Gasteiger charge is -2.53. The number of benzene rings is 1. The SMILES string of the molecule is NC1=NC2(CO1)c1cc(C3=C/C=C/C=C/N=C3)ccc1OCC21COC1. The predicted octanol–water partition coefficient (Wildman–Crippen LogP) is 2.17. The third kappa shape index (κ3) is 2.08. The molecule has 0 bridgehead atoms. The van der Waals surface area contributed by atoms with E-state index in [1.54, 1.807) is 6.20 Å². The number of hydrogen-bond donors (Lipinski definition) is 1. The summed E-state index contributed by atoms with van der Waals surface area (Å²) in [4.78, 5) is 9.06. The van der Waals surface area contributed by atoms with Crippen molar-refractivity contribution >= 4 is 17.8 Å². The number of rotatable bonds is 1. The van der Waals surface area contributed by atoms with Crippen molar-refractivity contribution in [2.75, 3.05) is 26.4 Å². The molecule has 1 aromatic rings. The fourth-order valence-electron chi connectivity index (χ4n) is 3.95. The van der Waals surface area contributed by atoms with Crippen LogP contribution in [-0.4, -0.2) is 38.7 Å². The average Bonchev–Trinajstić information content (AvgIpc) is 2.96. The van der Waals surface area contributed by atoms with Gasteiger partial charge in [0.05, 0.1) is 18.6 Å². The number of amidine groups is 1. The Morgan fingerprint density at radius 1 is 1.00 bits per heavy atom. The summed E-state index contributed by atoms with van der Waals surface area (Å²) < 4.78 is 17.2. The summed E-state index contributed by atoms with van der Waals surface area (Å²) in [5.41, 5.74) is 8.19. The van der Waals surface area contributed by atoms with Crippen LogP contribution in [0.3, 0.4) is 0 Å². The predicted molar refractivity (Wildman–Crippen MR) is 99.2 cm³/mol. The molecular weight excluding hydrogens is 330 g/mol. The molecule has 2 spiro atoms. The minimum atomic E-state index is -0.562. The van der Waals surface area contributed by atoms with Crippen LogP contribution in [0.25, 0.3) is 5.57 Å². The van der Waals surface area contributed by atoms with Gasteiger partial charge in [0.1, 0.15) is 24.5 Å². The lowest BCUT2D eigenvalue weighted by molar-refractivity contribution is -0.185. The van der Waals surface area contributed by atoms with Crippen molar-refractivity contribution in [2.45, 2.75) is 5.54 Å². The summed E-state index contributed by atoms with van der Waals surface area (Å²) in [6.45, 7) is 2.15. The molecule has 0 saturated carbocycles. The largest absolute Gasteiger partial charge is 0.492 e. The fraction of sp³-hybridized carbons (Fsp3) is 0.300. The van der Waals surface area contributed by atoms with Crippen molar-refractivity contribution in [3.05, 3.63) is 59.8 Å². The van der Waals surface area contributed by atoms with E-state index in [4.69, 9.17) is 24.9 Å². The fourth-order valence-corrected chi connectivity index (χ4v) is 3.95. The molecule has 4 aliphatic heterocycles. The first-order valence-corrected chi connectivity index (χ1v) is 8.63. The smallest absolute Gasteiger partial charge is 0.283 e. The van der Waals surface area contributed by atoms with Crippen LogP contribution in [0.5, 0.6) is 5.75 Å². The van der Waals surface area contributed by atoms with Gasteiger partial charge in [0.25, 0.3) is 6.02 Å². The Kier molecular flexibility index (Phi) is 3.30. The van der Waals surface area contributed by atoms with Crippen LogP contribution in [0.4, 0.5) is 0 Å². The van der Waals surface area contributed by atoms with Crippen LogP contribution in [0.1, 0.15) is 11.1 Å². The Morgan fingerprint density at radius 2 is 1.92 bits per heavy atom. The molecule has 1 unspecified atom stereocenters. The highest BCUT2D eigenvalue weighted by atomic mass is 16.5. The topological polar surface area (TPSA) is 78.4 Å². The second-order valence-electron chi connectivity index (χ2n) is 7.00. The monoisotopic (exact) mass is 349 g/mol. The third-order valence-electron chi connectivity index (χ3n) is 5.51.